The molecule has 0 bridgehead atoms. The molecule has 9 heteroatoms. The van der Waals surface area contributed by atoms with Crippen LogP contribution < -0.4 is 5.32 Å². The number of thiophene rings is 1. The van der Waals surface area contributed by atoms with E-state index in [9.17, 15) is 18.3 Å². The van der Waals surface area contributed by atoms with Gasteiger partial charge in [0.25, 0.3) is 5.91 Å². The number of amides is 1. The molecule has 3 rings (SSSR count). The zero-order chi connectivity index (χ0) is 18.0. The van der Waals surface area contributed by atoms with Crippen LogP contribution in [0.3, 0.4) is 0 Å². The summed E-state index contributed by atoms with van der Waals surface area (Å²) in [6, 6.07) is 9.14. The van der Waals surface area contributed by atoms with Crippen LogP contribution in [0.15, 0.2) is 46.7 Å². The largest absolute Gasteiger partial charge is 0.506 e. The Bertz CT molecular complexity index is 1010. The van der Waals surface area contributed by atoms with E-state index in [-0.39, 0.29) is 27.8 Å². The number of phenolic OH excluding ortho intramolecular Hbond substituents is 1. The first-order valence-corrected chi connectivity index (χ1v) is 9.90. The number of sulfone groups is 1. The maximum absolute atomic E-state index is 12.3. The van der Waals surface area contributed by atoms with Gasteiger partial charge < -0.3 is 10.4 Å². The van der Waals surface area contributed by atoms with Crippen LogP contribution in [0.4, 0.5) is 5.69 Å². The zero-order valence-electron chi connectivity index (χ0n) is 13.2. The Balaban J connectivity index is 1.85. The summed E-state index contributed by atoms with van der Waals surface area (Å²) in [5, 5.41) is 21.0. The number of hydrogen-bond acceptors (Lipinski definition) is 6. The predicted octanol–water partition coefficient (Wildman–Crippen LogP) is 2.89. The normalized spacial score (nSPS) is 11.4. The van der Waals surface area contributed by atoms with Crippen LogP contribution in [0, 0.1) is 0 Å². The van der Waals surface area contributed by atoms with Crippen molar-refractivity contribution in [1.82, 2.24) is 10.2 Å². The van der Waals surface area contributed by atoms with Gasteiger partial charge in [-0.2, -0.15) is 5.10 Å². The smallest absolute Gasteiger partial charge is 0.276 e. The summed E-state index contributed by atoms with van der Waals surface area (Å²) in [4.78, 5) is 13.3. The van der Waals surface area contributed by atoms with Crippen molar-refractivity contribution in [1.29, 1.82) is 0 Å². The SMILES string of the molecule is CCS(=O)(=O)c1ccc(O)c(NC(=O)c2cc(-c3cccs3)[nH]n2)c1. The third kappa shape index (κ3) is 3.57. The fourth-order valence-electron chi connectivity index (χ4n) is 2.16. The van der Waals surface area contributed by atoms with Gasteiger partial charge in [-0.25, -0.2) is 8.42 Å². The number of benzene rings is 1. The average Bonchev–Trinajstić information content (AvgIpc) is 3.27. The van der Waals surface area contributed by atoms with Gasteiger partial charge in [0.1, 0.15) is 5.75 Å². The van der Waals surface area contributed by atoms with Crippen molar-refractivity contribution < 1.29 is 18.3 Å². The molecular weight excluding hydrogens is 362 g/mol. The predicted molar refractivity (Wildman–Crippen MR) is 95.7 cm³/mol. The maximum Gasteiger partial charge on any atom is 0.276 e. The number of nitrogens with one attached hydrogen (secondary N) is 2. The molecule has 25 heavy (non-hydrogen) atoms. The molecule has 0 atom stereocenters. The number of aromatic amines is 1. The van der Waals surface area contributed by atoms with Crippen LogP contribution >= 0.6 is 11.3 Å². The number of aromatic hydroxyl groups is 1. The Morgan fingerprint density at radius 2 is 2.12 bits per heavy atom. The van der Waals surface area contributed by atoms with Crippen LogP contribution in [-0.4, -0.2) is 35.4 Å². The number of carbonyl (C=O) groups excluding carboxylic acids is 1. The van der Waals surface area contributed by atoms with Gasteiger partial charge in [0.15, 0.2) is 15.5 Å². The molecule has 0 spiro atoms. The lowest BCUT2D eigenvalue weighted by Gasteiger charge is -2.08. The van der Waals surface area contributed by atoms with E-state index in [0.717, 1.165) is 4.88 Å². The van der Waals surface area contributed by atoms with Crippen molar-refractivity contribution in [2.45, 2.75) is 11.8 Å². The third-order valence-electron chi connectivity index (χ3n) is 3.55. The monoisotopic (exact) mass is 377 g/mol. The van der Waals surface area contributed by atoms with Crippen molar-refractivity contribution in [2.75, 3.05) is 11.1 Å². The minimum absolute atomic E-state index is 0.0141. The second-order valence-corrected chi connectivity index (χ2v) is 8.41. The summed E-state index contributed by atoms with van der Waals surface area (Å²) in [6.45, 7) is 1.52. The van der Waals surface area contributed by atoms with Gasteiger partial charge in [0.05, 0.1) is 26.9 Å². The molecule has 2 aromatic heterocycles. The van der Waals surface area contributed by atoms with Crippen molar-refractivity contribution in [3.8, 4) is 16.3 Å². The first kappa shape index (κ1) is 17.2. The number of carbonyl (C=O) groups is 1. The number of nitrogens with zero attached hydrogens (tertiary/aromatic N) is 1. The second kappa shape index (κ2) is 6.69. The number of phenols is 1. The minimum atomic E-state index is -3.45. The fourth-order valence-corrected chi connectivity index (χ4v) is 3.76. The van der Waals surface area contributed by atoms with Crippen LogP contribution in [0.25, 0.3) is 10.6 Å². The molecule has 0 saturated heterocycles. The quantitative estimate of drug-likeness (QED) is 0.592. The van der Waals surface area contributed by atoms with Crippen LogP contribution in [0.5, 0.6) is 5.75 Å². The summed E-state index contributed by atoms with van der Waals surface area (Å²) in [5.41, 5.74) is 0.846. The number of anilines is 1. The molecule has 3 aromatic rings. The van der Waals surface area contributed by atoms with Crippen LogP contribution in [-0.2, 0) is 9.84 Å². The number of aromatic nitrogens is 2. The third-order valence-corrected chi connectivity index (χ3v) is 6.19. The number of rotatable bonds is 5. The van der Waals surface area contributed by atoms with E-state index in [4.69, 9.17) is 0 Å². The van der Waals surface area contributed by atoms with E-state index in [1.807, 2.05) is 17.5 Å². The van der Waals surface area contributed by atoms with Gasteiger partial charge in [0.2, 0.25) is 0 Å². The molecule has 1 aromatic carbocycles. The zero-order valence-corrected chi connectivity index (χ0v) is 14.8. The standard InChI is InChI=1S/C16H15N3O4S2/c1-2-25(22,23)10-5-6-14(20)11(8-10)17-16(21)13-9-12(18-19-13)15-4-3-7-24-15/h3-9,20H,2H2,1H3,(H,17,21)(H,18,19). The van der Waals surface area contributed by atoms with Crippen LogP contribution in [0.1, 0.15) is 17.4 Å². The highest BCUT2D eigenvalue weighted by Gasteiger charge is 2.17. The molecule has 1 amide bonds. The molecule has 3 N–H and O–H groups in total. The Morgan fingerprint density at radius 3 is 2.80 bits per heavy atom. The van der Waals surface area contributed by atoms with Crippen molar-refractivity contribution >= 4 is 32.8 Å². The van der Waals surface area contributed by atoms with E-state index in [1.54, 1.807) is 6.07 Å². The summed E-state index contributed by atoms with van der Waals surface area (Å²) in [5.74, 6) is -0.854. The molecule has 2 heterocycles. The Hall–Kier alpha value is -2.65. The fraction of sp³-hybridized carbons (Fsp3) is 0.125. The van der Waals surface area contributed by atoms with Gasteiger partial charge in [-0.3, -0.25) is 9.89 Å². The minimum Gasteiger partial charge on any atom is -0.506 e. The number of hydrogen-bond donors (Lipinski definition) is 3. The highest BCUT2D eigenvalue weighted by molar-refractivity contribution is 7.91. The lowest BCUT2D eigenvalue weighted by Crippen LogP contribution is -2.13. The van der Waals surface area contributed by atoms with Gasteiger partial charge >= 0.3 is 0 Å². The van der Waals surface area contributed by atoms with Crippen LogP contribution in [0.2, 0.25) is 0 Å². The van der Waals surface area contributed by atoms with E-state index in [2.05, 4.69) is 15.5 Å². The molecule has 130 valence electrons. The topological polar surface area (TPSA) is 112 Å². The molecule has 0 aliphatic rings. The van der Waals surface area contributed by atoms with E-state index >= 15 is 0 Å². The Morgan fingerprint density at radius 1 is 1.32 bits per heavy atom. The van der Waals surface area contributed by atoms with E-state index in [1.165, 1.54) is 36.5 Å². The highest BCUT2D eigenvalue weighted by Crippen LogP contribution is 2.28. The molecule has 0 aliphatic heterocycles. The molecule has 0 saturated carbocycles. The molecule has 0 aliphatic carbocycles. The molecule has 7 nitrogen and oxygen atoms in total. The van der Waals surface area contributed by atoms with Crippen molar-refractivity contribution in [2.24, 2.45) is 0 Å². The van der Waals surface area contributed by atoms with Crippen molar-refractivity contribution in [3.05, 3.63) is 47.5 Å². The molecule has 0 radical (unpaired) electrons. The summed E-state index contributed by atoms with van der Waals surface area (Å²) < 4.78 is 23.9. The number of H-pyrrole nitrogens is 1. The molecule has 0 unspecified atom stereocenters. The van der Waals surface area contributed by atoms with Gasteiger partial charge in [-0.05, 0) is 35.7 Å². The lowest BCUT2D eigenvalue weighted by atomic mass is 10.2. The van der Waals surface area contributed by atoms with E-state index in [0.29, 0.717) is 5.69 Å². The first-order valence-electron chi connectivity index (χ1n) is 7.37. The summed E-state index contributed by atoms with van der Waals surface area (Å²) in [7, 11) is -3.45. The first-order chi connectivity index (χ1) is 11.9. The molecule has 0 fully saturated rings. The van der Waals surface area contributed by atoms with Gasteiger partial charge in [-0.15, -0.1) is 11.3 Å². The maximum atomic E-state index is 12.3. The molecular formula is C16H15N3O4S2. The average molecular weight is 377 g/mol. The van der Waals surface area contributed by atoms with Gasteiger partial charge in [0, 0.05) is 0 Å². The van der Waals surface area contributed by atoms with Gasteiger partial charge in [-0.1, -0.05) is 13.0 Å². The summed E-state index contributed by atoms with van der Waals surface area (Å²) in [6.07, 6.45) is 0. The second-order valence-electron chi connectivity index (χ2n) is 5.18. The summed E-state index contributed by atoms with van der Waals surface area (Å²) >= 11 is 1.51. The highest BCUT2D eigenvalue weighted by atomic mass is 32.2. The lowest BCUT2D eigenvalue weighted by molar-refractivity contribution is 0.102. The Labute approximate surface area is 148 Å². The van der Waals surface area contributed by atoms with E-state index < -0.39 is 15.7 Å². The Kier molecular flexibility index (Phi) is 4.60. The van der Waals surface area contributed by atoms with Crippen molar-refractivity contribution in [3.63, 3.8) is 0 Å².